The van der Waals surface area contributed by atoms with Crippen LogP contribution >= 0.6 is 0 Å². The highest BCUT2D eigenvalue weighted by molar-refractivity contribution is 5.95. The van der Waals surface area contributed by atoms with Gasteiger partial charge in [0.1, 0.15) is 0 Å². The van der Waals surface area contributed by atoms with Crippen LogP contribution in [-0.4, -0.2) is 17.2 Å². The fourth-order valence-electron chi connectivity index (χ4n) is 1.78. The zero-order chi connectivity index (χ0) is 13.7. The van der Waals surface area contributed by atoms with Gasteiger partial charge in [-0.1, -0.05) is 35.0 Å². The Labute approximate surface area is 111 Å². The maximum absolute atomic E-state index is 12.1. The predicted octanol–water partition coefficient (Wildman–Crippen LogP) is 1.97. The SMILES string of the molecule is Cc1ccc(C(=O)C[n+]2cccc(C=NO)c2)cc1. The Morgan fingerprint density at radius 1 is 1.32 bits per heavy atom. The molecule has 4 heteroatoms. The van der Waals surface area contributed by atoms with Crippen molar-refractivity contribution in [3.63, 3.8) is 0 Å². The number of carbonyl (C=O) groups excluding carboxylic acids is 1. The molecule has 4 nitrogen and oxygen atoms in total. The number of nitrogens with zero attached hydrogens (tertiary/aromatic N) is 2. The molecule has 1 aromatic heterocycles. The van der Waals surface area contributed by atoms with Gasteiger partial charge in [0.2, 0.25) is 12.3 Å². The van der Waals surface area contributed by atoms with Gasteiger partial charge in [0.25, 0.3) is 0 Å². The number of hydrogen-bond acceptors (Lipinski definition) is 3. The largest absolute Gasteiger partial charge is 0.411 e. The van der Waals surface area contributed by atoms with Crippen LogP contribution in [0.2, 0.25) is 0 Å². The van der Waals surface area contributed by atoms with Crippen molar-refractivity contribution in [2.24, 2.45) is 5.16 Å². The number of Topliss-reactive ketones (excluding diaryl/α,β-unsaturated/α-hetero) is 1. The number of pyridine rings is 1. The maximum Gasteiger partial charge on any atom is 0.227 e. The summed E-state index contributed by atoms with van der Waals surface area (Å²) in [7, 11) is 0. The van der Waals surface area contributed by atoms with Gasteiger partial charge in [0, 0.05) is 11.6 Å². The Bertz CT molecular complexity index is 604. The van der Waals surface area contributed by atoms with E-state index < -0.39 is 0 Å². The van der Waals surface area contributed by atoms with E-state index in [9.17, 15) is 4.79 Å². The quantitative estimate of drug-likeness (QED) is 0.298. The van der Waals surface area contributed by atoms with E-state index in [1.165, 1.54) is 6.21 Å². The third-order valence-corrected chi connectivity index (χ3v) is 2.79. The lowest BCUT2D eigenvalue weighted by atomic mass is 10.1. The number of ketones is 1. The number of benzene rings is 1. The number of aryl methyl sites for hydroxylation is 1. The van der Waals surface area contributed by atoms with Crippen molar-refractivity contribution in [1.82, 2.24) is 0 Å². The molecule has 0 radical (unpaired) electrons. The normalized spacial score (nSPS) is 10.8. The third-order valence-electron chi connectivity index (χ3n) is 2.79. The molecule has 0 aliphatic rings. The average Bonchev–Trinajstić information content (AvgIpc) is 2.40. The van der Waals surface area contributed by atoms with Crippen LogP contribution in [0, 0.1) is 6.92 Å². The lowest BCUT2D eigenvalue weighted by Gasteiger charge is -1.99. The van der Waals surface area contributed by atoms with E-state index in [2.05, 4.69) is 5.16 Å². The van der Waals surface area contributed by atoms with Gasteiger partial charge in [-0.05, 0) is 13.0 Å². The minimum atomic E-state index is 0.0445. The van der Waals surface area contributed by atoms with Crippen LogP contribution in [-0.2, 0) is 6.54 Å². The molecule has 0 spiro atoms. The molecule has 0 saturated heterocycles. The molecule has 0 unspecified atom stereocenters. The van der Waals surface area contributed by atoms with Gasteiger partial charge in [-0.15, -0.1) is 0 Å². The Kier molecular flexibility index (Phi) is 4.03. The molecular weight excluding hydrogens is 240 g/mol. The Balaban J connectivity index is 2.14. The van der Waals surface area contributed by atoms with Gasteiger partial charge in [0.15, 0.2) is 12.4 Å². The fraction of sp³-hybridized carbons (Fsp3) is 0.133. The van der Waals surface area contributed by atoms with E-state index in [0.29, 0.717) is 5.56 Å². The Hall–Kier alpha value is -2.49. The molecule has 0 saturated carbocycles. The number of carbonyl (C=O) groups is 1. The first-order chi connectivity index (χ1) is 9.19. The van der Waals surface area contributed by atoms with E-state index in [1.807, 2.05) is 31.2 Å². The van der Waals surface area contributed by atoms with Crippen molar-refractivity contribution >= 4 is 12.0 Å². The number of aromatic nitrogens is 1. The average molecular weight is 255 g/mol. The van der Waals surface area contributed by atoms with Crippen LogP contribution in [0.25, 0.3) is 0 Å². The molecule has 0 fully saturated rings. The van der Waals surface area contributed by atoms with Gasteiger partial charge < -0.3 is 5.21 Å². The maximum atomic E-state index is 12.1. The van der Waals surface area contributed by atoms with E-state index in [4.69, 9.17) is 5.21 Å². The molecule has 1 N–H and O–H groups in total. The minimum absolute atomic E-state index is 0.0445. The summed E-state index contributed by atoms with van der Waals surface area (Å²) in [5.74, 6) is 0.0445. The molecule has 19 heavy (non-hydrogen) atoms. The second-order valence-electron chi connectivity index (χ2n) is 4.34. The van der Waals surface area contributed by atoms with Gasteiger partial charge in [-0.25, -0.2) is 0 Å². The van der Waals surface area contributed by atoms with Gasteiger partial charge in [0.05, 0.1) is 11.8 Å². The summed E-state index contributed by atoms with van der Waals surface area (Å²) in [4.78, 5) is 12.1. The summed E-state index contributed by atoms with van der Waals surface area (Å²) < 4.78 is 1.76. The summed E-state index contributed by atoms with van der Waals surface area (Å²) in [6.45, 7) is 2.25. The smallest absolute Gasteiger partial charge is 0.227 e. The number of hydrogen-bond donors (Lipinski definition) is 1. The minimum Gasteiger partial charge on any atom is -0.411 e. The standard InChI is InChI=1S/C15H14N2O2/c1-12-4-6-14(7-5-12)15(18)11-17-8-2-3-13(10-17)9-16-19/h2-10H,11H2,1H3/p+1. The summed E-state index contributed by atoms with van der Waals surface area (Å²) in [6, 6.07) is 11.1. The molecule has 0 aliphatic carbocycles. The first-order valence-corrected chi connectivity index (χ1v) is 5.95. The Morgan fingerprint density at radius 2 is 2.05 bits per heavy atom. The van der Waals surface area contributed by atoms with Crippen molar-refractivity contribution in [2.45, 2.75) is 13.5 Å². The van der Waals surface area contributed by atoms with Crippen molar-refractivity contribution in [1.29, 1.82) is 0 Å². The molecule has 1 heterocycles. The second-order valence-corrected chi connectivity index (χ2v) is 4.34. The van der Waals surface area contributed by atoms with Crippen molar-refractivity contribution in [2.75, 3.05) is 0 Å². The van der Waals surface area contributed by atoms with E-state index in [-0.39, 0.29) is 12.3 Å². The van der Waals surface area contributed by atoms with Crippen molar-refractivity contribution in [3.8, 4) is 0 Å². The van der Waals surface area contributed by atoms with Crippen LogP contribution in [0.3, 0.4) is 0 Å². The third kappa shape index (κ3) is 3.48. The number of oxime groups is 1. The van der Waals surface area contributed by atoms with Crippen molar-refractivity contribution < 1.29 is 14.6 Å². The van der Waals surface area contributed by atoms with Crippen LogP contribution in [0.5, 0.6) is 0 Å². The molecule has 2 aromatic rings. The topological polar surface area (TPSA) is 53.5 Å². The zero-order valence-corrected chi connectivity index (χ0v) is 10.7. The molecule has 0 amide bonds. The van der Waals surface area contributed by atoms with Crippen LogP contribution < -0.4 is 4.57 Å². The summed E-state index contributed by atoms with van der Waals surface area (Å²) in [6.07, 6.45) is 4.89. The summed E-state index contributed by atoms with van der Waals surface area (Å²) in [5.41, 5.74) is 2.56. The lowest BCUT2D eigenvalue weighted by molar-refractivity contribution is -0.683. The molecule has 0 atom stereocenters. The van der Waals surface area contributed by atoms with Gasteiger partial charge in [-0.3, -0.25) is 4.79 Å². The second kappa shape index (κ2) is 5.91. The van der Waals surface area contributed by atoms with E-state index >= 15 is 0 Å². The van der Waals surface area contributed by atoms with Crippen molar-refractivity contribution in [3.05, 3.63) is 65.5 Å². The highest BCUT2D eigenvalue weighted by Gasteiger charge is 2.12. The molecule has 1 aromatic carbocycles. The Morgan fingerprint density at radius 3 is 2.74 bits per heavy atom. The first kappa shape index (κ1) is 13.0. The lowest BCUT2D eigenvalue weighted by Crippen LogP contribution is -2.37. The van der Waals surface area contributed by atoms with Crippen LogP contribution in [0.15, 0.2) is 53.9 Å². The summed E-state index contributed by atoms with van der Waals surface area (Å²) in [5, 5.41) is 11.5. The van der Waals surface area contributed by atoms with E-state index in [0.717, 1.165) is 11.1 Å². The molecule has 0 bridgehead atoms. The highest BCUT2D eigenvalue weighted by atomic mass is 16.4. The molecule has 96 valence electrons. The molecular formula is C15H15N2O2+. The van der Waals surface area contributed by atoms with E-state index in [1.54, 1.807) is 29.1 Å². The zero-order valence-electron chi connectivity index (χ0n) is 10.7. The summed E-state index contributed by atoms with van der Waals surface area (Å²) >= 11 is 0. The highest BCUT2D eigenvalue weighted by Crippen LogP contribution is 2.04. The molecule has 2 rings (SSSR count). The van der Waals surface area contributed by atoms with Gasteiger partial charge >= 0.3 is 0 Å². The van der Waals surface area contributed by atoms with Crippen LogP contribution in [0.4, 0.5) is 0 Å². The van der Waals surface area contributed by atoms with Crippen LogP contribution in [0.1, 0.15) is 21.5 Å². The number of rotatable bonds is 4. The monoisotopic (exact) mass is 255 g/mol. The molecule has 0 aliphatic heterocycles. The van der Waals surface area contributed by atoms with Gasteiger partial charge in [-0.2, -0.15) is 4.57 Å². The fourth-order valence-corrected chi connectivity index (χ4v) is 1.78. The first-order valence-electron chi connectivity index (χ1n) is 5.95. The predicted molar refractivity (Wildman–Crippen MR) is 71.5 cm³/mol.